The number of hydrogen-bond acceptors (Lipinski definition) is 4. The zero-order valence-corrected chi connectivity index (χ0v) is 8.84. The van der Waals surface area contributed by atoms with Gasteiger partial charge in [0.1, 0.15) is 0 Å². The second kappa shape index (κ2) is 5.49. The Bertz CT molecular complexity index is 245. The van der Waals surface area contributed by atoms with Gasteiger partial charge in [0, 0.05) is 13.1 Å². The molecule has 4 nitrogen and oxygen atoms in total. The molecule has 16 heavy (non-hydrogen) atoms. The van der Waals surface area contributed by atoms with Gasteiger partial charge < -0.3 is 14.8 Å². The minimum atomic E-state index is -4.40. The molecule has 1 heterocycles. The zero-order valence-electron chi connectivity index (χ0n) is 8.84. The third kappa shape index (κ3) is 3.97. The molecule has 0 aromatic heterocycles. The van der Waals surface area contributed by atoms with Gasteiger partial charge >= 0.3 is 12.1 Å². The third-order valence-corrected chi connectivity index (χ3v) is 2.12. The van der Waals surface area contributed by atoms with Crippen LogP contribution in [0, 0.1) is 0 Å². The maximum absolute atomic E-state index is 12.3. The summed E-state index contributed by atoms with van der Waals surface area (Å²) in [7, 11) is 0. The van der Waals surface area contributed by atoms with Crippen LogP contribution in [-0.2, 0) is 14.3 Å². The fourth-order valence-corrected chi connectivity index (χ4v) is 1.42. The standard InChI is InChI=1S/C9H14F3NO3/c1-2-15-8(14)3-6-4-13-5-7(16-6)9(10,11)12/h6-7,13H,2-5H2,1H3/t6-,7+/m1/s1. The molecule has 0 aliphatic carbocycles. The largest absolute Gasteiger partial charge is 0.466 e. The summed E-state index contributed by atoms with van der Waals surface area (Å²) in [6.07, 6.45) is -7.19. The van der Waals surface area contributed by atoms with Crippen molar-refractivity contribution >= 4 is 5.97 Å². The van der Waals surface area contributed by atoms with Gasteiger partial charge in [-0.1, -0.05) is 0 Å². The Labute approximate surface area is 91.1 Å². The maximum atomic E-state index is 12.3. The quantitative estimate of drug-likeness (QED) is 0.744. The van der Waals surface area contributed by atoms with Gasteiger partial charge in [-0.15, -0.1) is 0 Å². The van der Waals surface area contributed by atoms with E-state index in [0.717, 1.165) is 0 Å². The minimum absolute atomic E-state index is 0.159. The Morgan fingerprint density at radius 2 is 2.19 bits per heavy atom. The lowest BCUT2D eigenvalue weighted by atomic mass is 10.2. The number of carbonyl (C=O) groups is 1. The van der Waals surface area contributed by atoms with E-state index in [9.17, 15) is 18.0 Å². The van der Waals surface area contributed by atoms with Crippen molar-refractivity contribution in [1.82, 2.24) is 5.32 Å². The molecule has 0 radical (unpaired) electrons. The first-order valence-electron chi connectivity index (χ1n) is 5.02. The summed E-state index contributed by atoms with van der Waals surface area (Å²) < 4.78 is 46.4. The van der Waals surface area contributed by atoms with Crippen LogP contribution in [0.3, 0.4) is 0 Å². The number of morpholine rings is 1. The van der Waals surface area contributed by atoms with Crippen LogP contribution in [0.2, 0.25) is 0 Å². The predicted octanol–water partition coefficient (Wildman–Crippen LogP) is 0.859. The number of halogens is 3. The van der Waals surface area contributed by atoms with E-state index in [1.165, 1.54) is 0 Å². The van der Waals surface area contributed by atoms with E-state index in [0.29, 0.717) is 0 Å². The molecule has 1 aliphatic heterocycles. The van der Waals surface area contributed by atoms with Crippen LogP contribution in [0.15, 0.2) is 0 Å². The Hall–Kier alpha value is -0.820. The second-order valence-corrected chi connectivity index (χ2v) is 3.46. The molecule has 1 saturated heterocycles. The highest BCUT2D eigenvalue weighted by Crippen LogP contribution is 2.25. The van der Waals surface area contributed by atoms with Crippen molar-refractivity contribution in [2.24, 2.45) is 0 Å². The van der Waals surface area contributed by atoms with Gasteiger partial charge in [-0.05, 0) is 6.92 Å². The van der Waals surface area contributed by atoms with Gasteiger partial charge in [-0.25, -0.2) is 0 Å². The molecule has 0 aromatic rings. The molecule has 0 bridgehead atoms. The van der Waals surface area contributed by atoms with Crippen LogP contribution < -0.4 is 5.32 Å². The molecule has 0 saturated carbocycles. The van der Waals surface area contributed by atoms with E-state index in [1.807, 2.05) is 0 Å². The molecule has 2 atom stereocenters. The van der Waals surface area contributed by atoms with E-state index in [2.05, 4.69) is 10.1 Å². The predicted molar refractivity (Wildman–Crippen MR) is 48.8 cm³/mol. The Kier molecular flexibility index (Phi) is 4.55. The number of hydrogen-bond donors (Lipinski definition) is 1. The van der Waals surface area contributed by atoms with Crippen molar-refractivity contribution in [1.29, 1.82) is 0 Å². The Morgan fingerprint density at radius 3 is 2.75 bits per heavy atom. The average Bonchev–Trinajstić information content (AvgIpc) is 2.17. The number of ether oxygens (including phenoxy) is 2. The van der Waals surface area contributed by atoms with Crippen LogP contribution in [0.4, 0.5) is 13.2 Å². The van der Waals surface area contributed by atoms with Crippen molar-refractivity contribution in [2.75, 3.05) is 19.7 Å². The Morgan fingerprint density at radius 1 is 1.50 bits per heavy atom. The number of esters is 1. The van der Waals surface area contributed by atoms with Gasteiger partial charge in [0.2, 0.25) is 0 Å². The molecule has 1 rings (SSSR count). The first-order chi connectivity index (χ1) is 7.43. The molecule has 94 valence electrons. The number of carbonyl (C=O) groups excluding carboxylic acids is 1. The van der Waals surface area contributed by atoms with Gasteiger partial charge in [0.05, 0.1) is 19.1 Å². The third-order valence-electron chi connectivity index (χ3n) is 2.12. The van der Waals surface area contributed by atoms with Crippen LogP contribution in [0.5, 0.6) is 0 Å². The number of nitrogens with one attached hydrogen (secondary N) is 1. The topological polar surface area (TPSA) is 47.6 Å². The average molecular weight is 241 g/mol. The smallest absolute Gasteiger partial charge is 0.415 e. The summed E-state index contributed by atoms with van der Waals surface area (Å²) in [5.41, 5.74) is 0. The summed E-state index contributed by atoms with van der Waals surface area (Å²) in [5.74, 6) is -0.544. The highest BCUT2D eigenvalue weighted by Gasteiger charge is 2.43. The van der Waals surface area contributed by atoms with Crippen LogP contribution >= 0.6 is 0 Å². The minimum Gasteiger partial charge on any atom is -0.466 e. The summed E-state index contributed by atoms with van der Waals surface area (Å²) in [6.45, 7) is 1.80. The van der Waals surface area contributed by atoms with Crippen molar-refractivity contribution in [3.63, 3.8) is 0 Å². The maximum Gasteiger partial charge on any atom is 0.415 e. The normalized spacial score (nSPS) is 26.5. The van der Waals surface area contributed by atoms with Gasteiger partial charge in [-0.2, -0.15) is 13.2 Å². The summed E-state index contributed by atoms with van der Waals surface area (Å²) in [5, 5.41) is 2.59. The number of alkyl halides is 3. The van der Waals surface area contributed by atoms with E-state index in [1.54, 1.807) is 6.92 Å². The fraction of sp³-hybridized carbons (Fsp3) is 0.889. The van der Waals surface area contributed by atoms with Crippen molar-refractivity contribution in [3.8, 4) is 0 Å². The fourth-order valence-electron chi connectivity index (χ4n) is 1.42. The SMILES string of the molecule is CCOC(=O)C[C@@H]1CNC[C@@H](C(F)(F)F)O1. The van der Waals surface area contributed by atoms with Crippen molar-refractivity contribution < 1.29 is 27.4 Å². The van der Waals surface area contributed by atoms with Crippen LogP contribution in [0.25, 0.3) is 0 Å². The first kappa shape index (κ1) is 13.2. The lowest BCUT2D eigenvalue weighted by Crippen LogP contribution is -2.51. The Balaban J connectivity index is 2.42. The molecule has 1 N–H and O–H groups in total. The molecule has 0 unspecified atom stereocenters. The number of rotatable bonds is 3. The molecular formula is C9H14F3NO3. The van der Waals surface area contributed by atoms with Gasteiger partial charge in [0.15, 0.2) is 6.10 Å². The van der Waals surface area contributed by atoms with Crippen LogP contribution in [-0.4, -0.2) is 44.0 Å². The van der Waals surface area contributed by atoms with E-state index >= 15 is 0 Å². The first-order valence-corrected chi connectivity index (χ1v) is 5.02. The summed E-state index contributed by atoms with van der Waals surface area (Å²) >= 11 is 0. The summed E-state index contributed by atoms with van der Waals surface area (Å²) in [4.78, 5) is 11.1. The monoisotopic (exact) mass is 241 g/mol. The molecule has 0 spiro atoms. The van der Waals surface area contributed by atoms with Crippen molar-refractivity contribution in [2.45, 2.75) is 31.7 Å². The van der Waals surface area contributed by atoms with Crippen LogP contribution in [0.1, 0.15) is 13.3 Å². The summed E-state index contributed by atoms with van der Waals surface area (Å²) in [6, 6.07) is 0. The molecule has 7 heteroatoms. The molecule has 0 amide bonds. The van der Waals surface area contributed by atoms with E-state index < -0.39 is 24.4 Å². The molecular weight excluding hydrogens is 227 g/mol. The highest BCUT2D eigenvalue weighted by atomic mass is 19.4. The lowest BCUT2D eigenvalue weighted by Gasteiger charge is -2.31. The zero-order chi connectivity index (χ0) is 12.2. The lowest BCUT2D eigenvalue weighted by molar-refractivity contribution is -0.240. The van der Waals surface area contributed by atoms with Gasteiger partial charge in [0.25, 0.3) is 0 Å². The molecule has 0 aromatic carbocycles. The van der Waals surface area contributed by atoms with Gasteiger partial charge in [-0.3, -0.25) is 4.79 Å². The molecule has 1 aliphatic rings. The highest BCUT2D eigenvalue weighted by molar-refractivity contribution is 5.69. The van der Waals surface area contributed by atoms with E-state index in [4.69, 9.17) is 4.74 Å². The molecule has 1 fully saturated rings. The van der Waals surface area contributed by atoms with Crippen molar-refractivity contribution in [3.05, 3.63) is 0 Å². The van der Waals surface area contributed by atoms with E-state index in [-0.39, 0.29) is 26.1 Å². The second-order valence-electron chi connectivity index (χ2n) is 3.46.